The molecule has 2 aromatic carbocycles. The highest BCUT2D eigenvalue weighted by Crippen LogP contribution is 2.22. The monoisotopic (exact) mass is 404 g/mol. The molecule has 0 fully saturated rings. The first kappa shape index (κ1) is 21.3. The Bertz CT molecular complexity index is 1080. The number of aromatic nitrogens is 2. The van der Waals surface area contributed by atoms with E-state index in [1.807, 2.05) is 77.1 Å². The number of nitrogens with one attached hydrogen (secondary N) is 1. The number of nitrogens with zero attached hydrogens (tertiary/aromatic N) is 3. The van der Waals surface area contributed by atoms with Crippen LogP contribution < -0.4 is 5.32 Å². The lowest BCUT2D eigenvalue weighted by Gasteiger charge is -2.19. The minimum absolute atomic E-state index is 0.0407. The molecule has 0 aliphatic heterocycles. The fourth-order valence-electron chi connectivity index (χ4n) is 3.81. The molecule has 0 aliphatic rings. The first-order chi connectivity index (χ1) is 14.2. The molecular formula is C24H28N4O2. The zero-order valence-corrected chi connectivity index (χ0v) is 18.4. The van der Waals surface area contributed by atoms with E-state index in [1.165, 1.54) is 4.90 Å². The standard InChI is InChI=1S/C24H28N4O2/c1-15-12-16(2)23(17(3)13-15)25-21(29)14-27(6)24(30)22-18(4)26-28(19(22)5)20-10-8-7-9-11-20/h7-13H,14H2,1-6H3,(H,25,29). The van der Waals surface area contributed by atoms with Gasteiger partial charge >= 0.3 is 0 Å². The highest BCUT2D eigenvalue weighted by atomic mass is 16.2. The smallest absolute Gasteiger partial charge is 0.257 e. The van der Waals surface area contributed by atoms with Gasteiger partial charge < -0.3 is 10.2 Å². The van der Waals surface area contributed by atoms with Gasteiger partial charge in [-0.05, 0) is 57.9 Å². The summed E-state index contributed by atoms with van der Waals surface area (Å²) in [5, 5.41) is 7.48. The van der Waals surface area contributed by atoms with Gasteiger partial charge in [-0.25, -0.2) is 4.68 Å². The molecule has 2 amide bonds. The van der Waals surface area contributed by atoms with Gasteiger partial charge in [-0.15, -0.1) is 0 Å². The van der Waals surface area contributed by atoms with Crippen molar-refractivity contribution in [2.24, 2.45) is 0 Å². The summed E-state index contributed by atoms with van der Waals surface area (Å²) in [7, 11) is 1.63. The van der Waals surface area contributed by atoms with Crippen molar-refractivity contribution in [3.05, 3.63) is 76.1 Å². The predicted octanol–water partition coefficient (Wildman–Crippen LogP) is 4.13. The Morgan fingerprint density at radius 3 is 2.20 bits per heavy atom. The van der Waals surface area contributed by atoms with Crippen LogP contribution in [0.2, 0.25) is 0 Å². The molecule has 1 N–H and O–H groups in total. The van der Waals surface area contributed by atoms with Gasteiger partial charge in [-0.2, -0.15) is 5.10 Å². The van der Waals surface area contributed by atoms with Crippen molar-refractivity contribution in [3.63, 3.8) is 0 Å². The van der Waals surface area contributed by atoms with Crippen LogP contribution >= 0.6 is 0 Å². The molecule has 0 aliphatic carbocycles. The topological polar surface area (TPSA) is 67.2 Å². The number of carbonyl (C=O) groups excluding carboxylic acids is 2. The van der Waals surface area contributed by atoms with Crippen LogP contribution in [-0.2, 0) is 4.79 Å². The van der Waals surface area contributed by atoms with E-state index in [1.54, 1.807) is 11.7 Å². The summed E-state index contributed by atoms with van der Waals surface area (Å²) in [4.78, 5) is 27.1. The summed E-state index contributed by atoms with van der Waals surface area (Å²) >= 11 is 0. The number of amides is 2. The Labute approximate surface area is 177 Å². The van der Waals surface area contributed by atoms with Crippen LogP contribution in [0, 0.1) is 34.6 Å². The van der Waals surface area contributed by atoms with Gasteiger partial charge in [0, 0.05) is 12.7 Å². The van der Waals surface area contributed by atoms with E-state index in [-0.39, 0.29) is 18.4 Å². The van der Waals surface area contributed by atoms with Gasteiger partial charge in [-0.3, -0.25) is 9.59 Å². The van der Waals surface area contributed by atoms with Crippen molar-refractivity contribution in [2.75, 3.05) is 18.9 Å². The summed E-state index contributed by atoms with van der Waals surface area (Å²) in [5.74, 6) is -0.452. The quantitative estimate of drug-likeness (QED) is 0.695. The van der Waals surface area contributed by atoms with Crippen molar-refractivity contribution >= 4 is 17.5 Å². The Balaban J connectivity index is 1.77. The van der Waals surface area contributed by atoms with Crippen LogP contribution in [0.1, 0.15) is 38.4 Å². The van der Waals surface area contributed by atoms with Gasteiger partial charge in [0.05, 0.1) is 29.2 Å². The van der Waals surface area contributed by atoms with E-state index in [9.17, 15) is 9.59 Å². The van der Waals surface area contributed by atoms with Crippen molar-refractivity contribution in [1.29, 1.82) is 0 Å². The number of aryl methyl sites for hydroxylation is 4. The second kappa shape index (κ2) is 8.53. The lowest BCUT2D eigenvalue weighted by atomic mass is 10.1. The number of rotatable bonds is 5. The predicted molar refractivity (Wildman–Crippen MR) is 119 cm³/mol. The summed E-state index contributed by atoms with van der Waals surface area (Å²) in [6.07, 6.45) is 0. The maximum Gasteiger partial charge on any atom is 0.257 e. The molecule has 0 saturated heterocycles. The van der Waals surface area contributed by atoms with Crippen LogP contribution in [0.25, 0.3) is 5.69 Å². The Morgan fingerprint density at radius 2 is 1.60 bits per heavy atom. The van der Waals surface area contributed by atoms with E-state index in [0.717, 1.165) is 33.8 Å². The molecule has 0 bridgehead atoms. The molecule has 30 heavy (non-hydrogen) atoms. The third-order valence-electron chi connectivity index (χ3n) is 5.17. The third-order valence-corrected chi connectivity index (χ3v) is 5.17. The molecule has 156 valence electrons. The van der Waals surface area contributed by atoms with Gasteiger partial charge in [0.25, 0.3) is 5.91 Å². The molecule has 1 aromatic heterocycles. The van der Waals surface area contributed by atoms with Crippen molar-refractivity contribution < 1.29 is 9.59 Å². The van der Waals surface area contributed by atoms with E-state index in [2.05, 4.69) is 10.4 Å². The van der Waals surface area contributed by atoms with E-state index in [0.29, 0.717) is 11.3 Å². The molecule has 3 aromatic rings. The first-order valence-corrected chi connectivity index (χ1v) is 9.94. The molecule has 0 saturated carbocycles. The summed E-state index contributed by atoms with van der Waals surface area (Å²) in [6.45, 7) is 9.60. The number of hydrogen-bond acceptors (Lipinski definition) is 3. The lowest BCUT2D eigenvalue weighted by Crippen LogP contribution is -2.35. The summed E-state index contributed by atoms with van der Waals surface area (Å²) < 4.78 is 1.76. The molecule has 0 radical (unpaired) electrons. The minimum atomic E-state index is -0.230. The molecular weight excluding hydrogens is 376 g/mol. The Kier molecular flexibility index (Phi) is 6.06. The average Bonchev–Trinajstić information content (AvgIpc) is 2.98. The van der Waals surface area contributed by atoms with Gasteiger partial charge in [0.2, 0.25) is 5.91 Å². The van der Waals surface area contributed by atoms with Crippen LogP contribution in [0.4, 0.5) is 5.69 Å². The van der Waals surface area contributed by atoms with E-state index >= 15 is 0 Å². The van der Waals surface area contributed by atoms with Crippen LogP contribution in [0.5, 0.6) is 0 Å². The van der Waals surface area contributed by atoms with E-state index < -0.39 is 0 Å². The van der Waals surface area contributed by atoms with Crippen LogP contribution in [0.15, 0.2) is 42.5 Å². The SMILES string of the molecule is Cc1cc(C)c(NC(=O)CN(C)C(=O)c2c(C)nn(-c3ccccc3)c2C)c(C)c1. The molecule has 6 nitrogen and oxygen atoms in total. The highest BCUT2D eigenvalue weighted by Gasteiger charge is 2.24. The number of hydrogen-bond donors (Lipinski definition) is 1. The Morgan fingerprint density at radius 1 is 1.00 bits per heavy atom. The van der Waals surface area contributed by atoms with Crippen LogP contribution in [0.3, 0.4) is 0 Å². The molecule has 3 rings (SSSR count). The van der Waals surface area contributed by atoms with Gasteiger partial charge in [0.1, 0.15) is 0 Å². The van der Waals surface area contributed by atoms with Gasteiger partial charge in [-0.1, -0.05) is 35.9 Å². The maximum absolute atomic E-state index is 13.1. The molecule has 0 spiro atoms. The number of likely N-dealkylation sites (N-methyl/N-ethyl adjacent to an activating group) is 1. The second-order valence-corrected chi connectivity index (χ2v) is 7.78. The summed E-state index contributed by atoms with van der Waals surface area (Å²) in [6, 6.07) is 13.7. The fraction of sp³-hybridized carbons (Fsp3) is 0.292. The molecule has 0 unspecified atom stereocenters. The van der Waals surface area contributed by atoms with Crippen molar-refractivity contribution in [3.8, 4) is 5.69 Å². The molecule has 0 atom stereocenters. The van der Waals surface area contributed by atoms with Crippen molar-refractivity contribution in [1.82, 2.24) is 14.7 Å². The zero-order valence-electron chi connectivity index (χ0n) is 18.4. The number of anilines is 1. The lowest BCUT2D eigenvalue weighted by molar-refractivity contribution is -0.116. The third kappa shape index (κ3) is 4.27. The van der Waals surface area contributed by atoms with E-state index in [4.69, 9.17) is 0 Å². The first-order valence-electron chi connectivity index (χ1n) is 9.94. The normalized spacial score (nSPS) is 10.7. The molecule has 6 heteroatoms. The Hall–Kier alpha value is -3.41. The largest absolute Gasteiger partial charge is 0.332 e. The second-order valence-electron chi connectivity index (χ2n) is 7.78. The van der Waals surface area contributed by atoms with Gasteiger partial charge in [0.15, 0.2) is 0 Å². The van der Waals surface area contributed by atoms with Crippen LogP contribution in [-0.4, -0.2) is 40.1 Å². The van der Waals surface area contributed by atoms with Crippen molar-refractivity contribution in [2.45, 2.75) is 34.6 Å². The molecule has 1 heterocycles. The number of benzene rings is 2. The highest BCUT2D eigenvalue weighted by molar-refractivity contribution is 6.01. The fourth-order valence-corrected chi connectivity index (χ4v) is 3.81. The zero-order chi connectivity index (χ0) is 22.0. The number of para-hydroxylation sites is 1. The summed E-state index contributed by atoms with van der Waals surface area (Å²) in [5.41, 5.74) is 6.77. The number of carbonyl (C=O) groups is 2. The minimum Gasteiger partial charge on any atom is -0.332 e. The maximum atomic E-state index is 13.1. The average molecular weight is 405 g/mol.